The van der Waals surface area contributed by atoms with Crippen LogP contribution in [0, 0.1) is 11.3 Å². The molecule has 1 aromatic heterocycles. The van der Waals surface area contributed by atoms with Crippen LogP contribution in [0.1, 0.15) is 46.1 Å². The highest BCUT2D eigenvalue weighted by atomic mass is 32.2. The van der Waals surface area contributed by atoms with Crippen LogP contribution >= 0.6 is 11.3 Å². The fourth-order valence-corrected chi connectivity index (χ4v) is 6.26. The first-order valence-electron chi connectivity index (χ1n) is 9.92. The lowest BCUT2D eigenvalue weighted by Gasteiger charge is -2.25. The van der Waals surface area contributed by atoms with E-state index in [2.05, 4.69) is 11.4 Å². The molecule has 1 fully saturated rings. The maximum Gasteiger partial charge on any atom is 0.256 e. The van der Waals surface area contributed by atoms with Crippen molar-refractivity contribution in [3.05, 3.63) is 45.8 Å². The van der Waals surface area contributed by atoms with E-state index >= 15 is 0 Å². The van der Waals surface area contributed by atoms with Crippen molar-refractivity contribution >= 4 is 38.2 Å². The summed E-state index contributed by atoms with van der Waals surface area (Å²) in [6.07, 6.45) is 2.31. The number of hydrogen-bond acceptors (Lipinski definition) is 6. The summed E-state index contributed by atoms with van der Waals surface area (Å²) in [5.74, 6) is -0.441. The molecule has 1 saturated carbocycles. The number of amides is 2. The van der Waals surface area contributed by atoms with Crippen LogP contribution in [-0.2, 0) is 27.8 Å². The number of benzene rings is 1. The van der Waals surface area contributed by atoms with Crippen molar-refractivity contribution in [1.82, 2.24) is 9.21 Å². The molecule has 2 aliphatic rings. The highest BCUT2D eigenvalue weighted by molar-refractivity contribution is 7.89. The van der Waals surface area contributed by atoms with Crippen LogP contribution in [-0.4, -0.2) is 49.1 Å². The number of fused-ring (bicyclic) bond motifs is 1. The Labute approximate surface area is 185 Å². The molecule has 162 valence electrons. The molecule has 0 spiro atoms. The summed E-state index contributed by atoms with van der Waals surface area (Å²) in [5, 5.41) is 12.8. The Balaban J connectivity index is 1.53. The van der Waals surface area contributed by atoms with Crippen LogP contribution in [0.3, 0.4) is 0 Å². The highest BCUT2D eigenvalue weighted by Crippen LogP contribution is 2.37. The van der Waals surface area contributed by atoms with Gasteiger partial charge in [0.1, 0.15) is 11.1 Å². The molecule has 31 heavy (non-hydrogen) atoms. The second-order valence-electron chi connectivity index (χ2n) is 7.74. The Kier molecular flexibility index (Phi) is 5.60. The molecule has 4 rings (SSSR count). The minimum absolute atomic E-state index is 0.0227. The number of nitrogens with one attached hydrogen (secondary N) is 1. The van der Waals surface area contributed by atoms with Crippen LogP contribution < -0.4 is 5.32 Å². The summed E-state index contributed by atoms with van der Waals surface area (Å²) in [6, 6.07) is 8.03. The molecule has 1 aromatic carbocycles. The van der Waals surface area contributed by atoms with Gasteiger partial charge in [0.2, 0.25) is 15.9 Å². The Morgan fingerprint density at radius 1 is 1.26 bits per heavy atom. The summed E-state index contributed by atoms with van der Waals surface area (Å²) in [5.41, 5.74) is 1.61. The summed E-state index contributed by atoms with van der Waals surface area (Å²) in [6.45, 7) is 2.49. The van der Waals surface area contributed by atoms with Crippen molar-refractivity contribution in [3.63, 3.8) is 0 Å². The molecule has 1 aliphatic heterocycles. The minimum atomic E-state index is -3.57. The zero-order valence-corrected chi connectivity index (χ0v) is 18.8. The number of thiophene rings is 1. The second kappa shape index (κ2) is 8.07. The third-order valence-electron chi connectivity index (χ3n) is 5.70. The van der Waals surface area contributed by atoms with E-state index in [1.807, 2.05) is 0 Å². The molecule has 0 atom stereocenters. The van der Waals surface area contributed by atoms with Gasteiger partial charge in [0, 0.05) is 37.0 Å². The van der Waals surface area contributed by atoms with Crippen molar-refractivity contribution in [1.29, 1.82) is 5.26 Å². The normalized spacial score (nSPS) is 16.0. The van der Waals surface area contributed by atoms with Crippen LogP contribution in [0.2, 0.25) is 0 Å². The molecule has 0 saturated heterocycles. The monoisotopic (exact) mass is 458 g/mol. The molecule has 8 nitrogen and oxygen atoms in total. The highest BCUT2D eigenvalue weighted by Gasteiger charge is 2.35. The first-order chi connectivity index (χ1) is 14.7. The van der Waals surface area contributed by atoms with Crippen LogP contribution in [0.4, 0.5) is 5.00 Å². The Morgan fingerprint density at radius 2 is 1.94 bits per heavy atom. The number of carbonyl (C=O) groups excluding carboxylic acids is 2. The Hall–Kier alpha value is -2.74. The van der Waals surface area contributed by atoms with Crippen LogP contribution in [0.15, 0.2) is 29.2 Å². The molecule has 10 heteroatoms. The quantitative estimate of drug-likeness (QED) is 0.740. The zero-order chi connectivity index (χ0) is 22.3. The molecule has 2 aromatic rings. The maximum atomic E-state index is 12.7. The number of nitriles is 1. The zero-order valence-electron chi connectivity index (χ0n) is 17.2. The Bertz CT molecular complexity index is 1190. The molecule has 0 bridgehead atoms. The van der Waals surface area contributed by atoms with Gasteiger partial charge in [0.15, 0.2) is 0 Å². The molecule has 2 amide bonds. The number of anilines is 1. The van der Waals surface area contributed by atoms with E-state index in [9.17, 15) is 23.3 Å². The summed E-state index contributed by atoms with van der Waals surface area (Å²) < 4.78 is 26.6. The summed E-state index contributed by atoms with van der Waals surface area (Å²) in [7, 11) is -2.00. The lowest BCUT2D eigenvalue weighted by atomic mass is 10.0. The lowest BCUT2D eigenvalue weighted by Crippen LogP contribution is -2.33. The van der Waals surface area contributed by atoms with Gasteiger partial charge in [-0.1, -0.05) is 0 Å². The topological polar surface area (TPSA) is 111 Å². The second-order valence-corrected chi connectivity index (χ2v) is 10.8. The molecular formula is C21H22N4O4S2. The van der Waals surface area contributed by atoms with Gasteiger partial charge in [-0.15, -0.1) is 11.3 Å². The molecule has 0 unspecified atom stereocenters. The minimum Gasteiger partial charge on any atom is -0.337 e. The molecule has 2 heterocycles. The number of hydrogen-bond donors (Lipinski definition) is 1. The van der Waals surface area contributed by atoms with Crippen molar-refractivity contribution < 1.29 is 18.0 Å². The predicted molar refractivity (Wildman–Crippen MR) is 116 cm³/mol. The average molecular weight is 459 g/mol. The number of nitrogens with zero attached hydrogens (tertiary/aromatic N) is 3. The first kappa shape index (κ1) is 21.5. The van der Waals surface area contributed by atoms with Crippen molar-refractivity contribution in [2.45, 2.75) is 43.7 Å². The third kappa shape index (κ3) is 4.08. The molecule has 0 radical (unpaired) electrons. The van der Waals surface area contributed by atoms with Crippen molar-refractivity contribution in [2.75, 3.05) is 18.9 Å². The largest absolute Gasteiger partial charge is 0.337 e. The van der Waals surface area contributed by atoms with Gasteiger partial charge in [-0.3, -0.25) is 9.59 Å². The van der Waals surface area contributed by atoms with Gasteiger partial charge in [0.25, 0.3) is 5.91 Å². The van der Waals surface area contributed by atoms with Gasteiger partial charge < -0.3 is 10.2 Å². The average Bonchev–Trinajstić information content (AvgIpc) is 3.54. The van der Waals surface area contributed by atoms with E-state index in [0.29, 0.717) is 35.6 Å². The van der Waals surface area contributed by atoms with Crippen LogP contribution in [0.5, 0.6) is 0 Å². The van der Waals surface area contributed by atoms with Gasteiger partial charge in [0.05, 0.1) is 17.0 Å². The van der Waals surface area contributed by atoms with Crippen LogP contribution in [0.25, 0.3) is 0 Å². The number of carbonyl (C=O) groups is 2. The fourth-order valence-electron chi connectivity index (χ4n) is 3.63. The number of rotatable bonds is 5. The van der Waals surface area contributed by atoms with Gasteiger partial charge in [-0.2, -0.15) is 9.57 Å². The van der Waals surface area contributed by atoms with E-state index in [1.54, 1.807) is 11.9 Å². The van der Waals surface area contributed by atoms with E-state index in [0.717, 1.165) is 23.3 Å². The lowest BCUT2D eigenvalue weighted by molar-refractivity contribution is -0.129. The van der Waals surface area contributed by atoms with Crippen molar-refractivity contribution in [2.24, 2.45) is 0 Å². The number of sulfonamides is 1. The fraction of sp³-hybridized carbons (Fsp3) is 0.381. The van der Waals surface area contributed by atoms with E-state index in [4.69, 9.17) is 0 Å². The van der Waals surface area contributed by atoms with Gasteiger partial charge in [-0.25, -0.2) is 8.42 Å². The first-order valence-corrected chi connectivity index (χ1v) is 12.2. The summed E-state index contributed by atoms with van der Waals surface area (Å²) >= 11 is 1.30. The van der Waals surface area contributed by atoms with E-state index in [1.165, 1.54) is 46.8 Å². The molecular weight excluding hydrogens is 436 g/mol. The smallest absolute Gasteiger partial charge is 0.256 e. The van der Waals surface area contributed by atoms with Crippen molar-refractivity contribution in [3.8, 4) is 6.07 Å². The van der Waals surface area contributed by atoms with Gasteiger partial charge >= 0.3 is 0 Å². The van der Waals surface area contributed by atoms with E-state index in [-0.39, 0.29) is 16.8 Å². The Morgan fingerprint density at radius 3 is 2.52 bits per heavy atom. The van der Waals surface area contributed by atoms with E-state index < -0.39 is 15.9 Å². The van der Waals surface area contributed by atoms with Gasteiger partial charge in [-0.05, 0) is 49.1 Å². The predicted octanol–water partition coefficient (Wildman–Crippen LogP) is 2.56. The molecule has 1 aliphatic carbocycles. The standard InChI is InChI=1S/C21H22N4O4S2/c1-13(26)25-10-9-17-18(11-22)21(30-19(17)12-25)23-20(27)14-3-7-16(8-4-14)31(28,29)24(2)15-5-6-15/h3-4,7-8,15H,5-6,9-10,12H2,1-2H3,(H,23,27). The molecule has 1 N–H and O–H groups in total. The third-order valence-corrected chi connectivity index (χ3v) is 8.75. The summed E-state index contributed by atoms with van der Waals surface area (Å²) in [4.78, 5) is 27.2. The maximum absolute atomic E-state index is 12.7. The SMILES string of the molecule is CC(=O)N1CCc2c(sc(NC(=O)c3ccc(S(=O)(=O)N(C)C4CC4)cc3)c2C#N)C1.